The van der Waals surface area contributed by atoms with E-state index in [1.165, 1.54) is 5.56 Å². The van der Waals surface area contributed by atoms with Crippen molar-refractivity contribution in [3.05, 3.63) is 88.1 Å². The van der Waals surface area contributed by atoms with Crippen LogP contribution in [0.4, 0.5) is 0 Å². The Labute approximate surface area is 181 Å². The van der Waals surface area contributed by atoms with E-state index in [1.807, 2.05) is 64.9 Å². The van der Waals surface area contributed by atoms with E-state index >= 15 is 0 Å². The third kappa shape index (κ3) is 5.51. The molecule has 4 nitrogen and oxygen atoms in total. The quantitative estimate of drug-likeness (QED) is 0.428. The highest BCUT2D eigenvalue weighted by Gasteiger charge is 2.31. The third-order valence-corrected chi connectivity index (χ3v) is 5.80. The molecule has 1 fully saturated rings. The summed E-state index contributed by atoms with van der Waals surface area (Å²) in [5, 5.41) is 4.14. The largest absolute Gasteiger partial charge is 0.497 e. The van der Waals surface area contributed by atoms with E-state index in [2.05, 4.69) is 11.4 Å². The van der Waals surface area contributed by atoms with Crippen LogP contribution < -0.4 is 9.47 Å². The van der Waals surface area contributed by atoms with Gasteiger partial charge in [0.15, 0.2) is 0 Å². The summed E-state index contributed by atoms with van der Waals surface area (Å²) in [4.78, 5) is 14.8. The summed E-state index contributed by atoms with van der Waals surface area (Å²) in [6.07, 6.45) is 5.67. The molecule has 0 spiro atoms. The van der Waals surface area contributed by atoms with Gasteiger partial charge >= 0.3 is 0 Å². The second kappa shape index (κ2) is 9.63. The monoisotopic (exact) mass is 419 g/mol. The van der Waals surface area contributed by atoms with Crippen LogP contribution in [-0.4, -0.2) is 24.0 Å². The lowest BCUT2D eigenvalue weighted by Gasteiger charge is -2.21. The van der Waals surface area contributed by atoms with Gasteiger partial charge in [0.05, 0.1) is 7.11 Å². The molecule has 0 saturated heterocycles. The highest BCUT2D eigenvalue weighted by Crippen LogP contribution is 2.29. The first-order chi connectivity index (χ1) is 14.7. The molecule has 0 unspecified atom stereocenters. The minimum absolute atomic E-state index is 0.0473. The average molecular weight is 420 g/mol. The number of nitrogens with zero attached hydrogens (tertiary/aromatic N) is 1. The van der Waals surface area contributed by atoms with Crippen molar-refractivity contribution >= 4 is 23.3 Å². The molecular formula is C25H25NO3S. The molecule has 5 heteroatoms. The fourth-order valence-electron chi connectivity index (χ4n) is 3.18. The lowest BCUT2D eigenvalue weighted by atomic mass is 10.1. The number of carbonyl (C=O) groups is 1. The Bertz CT molecular complexity index is 974. The van der Waals surface area contributed by atoms with E-state index < -0.39 is 0 Å². The van der Waals surface area contributed by atoms with E-state index in [0.717, 1.165) is 35.5 Å². The molecule has 4 rings (SSSR count). The zero-order valence-electron chi connectivity index (χ0n) is 17.0. The van der Waals surface area contributed by atoms with Crippen molar-refractivity contribution in [3.63, 3.8) is 0 Å². The zero-order chi connectivity index (χ0) is 20.8. The summed E-state index contributed by atoms with van der Waals surface area (Å²) < 4.78 is 11.0. The smallest absolute Gasteiger partial charge is 0.247 e. The maximum Gasteiger partial charge on any atom is 0.247 e. The number of carbonyl (C=O) groups excluding carboxylic acids is 1. The Balaban J connectivity index is 1.35. The van der Waals surface area contributed by atoms with Gasteiger partial charge in [0.2, 0.25) is 5.91 Å². The molecule has 1 aliphatic rings. The molecule has 154 valence electrons. The van der Waals surface area contributed by atoms with Gasteiger partial charge < -0.3 is 14.4 Å². The Morgan fingerprint density at radius 1 is 1.03 bits per heavy atom. The first-order valence-corrected chi connectivity index (χ1v) is 11.0. The highest BCUT2D eigenvalue weighted by atomic mass is 32.1. The Morgan fingerprint density at radius 2 is 1.77 bits per heavy atom. The molecule has 0 radical (unpaired) electrons. The van der Waals surface area contributed by atoms with Crippen LogP contribution in [0.5, 0.6) is 11.5 Å². The second-order valence-electron chi connectivity index (χ2n) is 7.37. The summed E-state index contributed by atoms with van der Waals surface area (Å²) in [7, 11) is 1.64. The van der Waals surface area contributed by atoms with Crippen LogP contribution in [0.15, 0.2) is 71.4 Å². The number of hydrogen-bond acceptors (Lipinski definition) is 4. The van der Waals surface area contributed by atoms with Crippen LogP contribution in [0.2, 0.25) is 0 Å². The molecule has 30 heavy (non-hydrogen) atoms. The number of benzene rings is 2. The van der Waals surface area contributed by atoms with Crippen molar-refractivity contribution in [2.24, 2.45) is 0 Å². The van der Waals surface area contributed by atoms with Gasteiger partial charge in [-0.3, -0.25) is 4.79 Å². The van der Waals surface area contributed by atoms with Gasteiger partial charge in [0.1, 0.15) is 18.1 Å². The molecule has 0 bridgehead atoms. The summed E-state index contributed by atoms with van der Waals surface area (Å²) in [6.45, 7) is 1.19. The maximum absolute atomic E-state index is 12.8. The molecule has 1 saturated carbocycles. The zero-order valence-corrected chi connectivity index (χ0v) is 17.8. The van der Waals surface area contributed by atoms with Crippen molar-refractivity contribution < 1.29 is 14.3 Å². The molecule has 2 aromatic carbocycles. The van der Waals surface area contributed by atoms with Crippen LogP contribution in [0.3, 0.4) is 0 Å². The summed E-state index contributed by atoms with van der Waals surface area (Å²) in [5.74, 6) is 1.69. The Kier molecular flexibility index (Phi) is 6.50. The van der Waals surface area contributed by atoms with Crippen molar-refractivity contribution in [2.75, 3.05) is 7.11 Å². The van der Waals surface area contributed by atoms with Crippen LogP contribution in [0.1, 0.15) is 29.5 Å². The van der Waals surface area contributed by atoms with Gasteiger partial charge in [-0.1, -0.05) is 24.3 Å². The van der Waals surface area contributed by atoms with Crippen LogP contribution in [0.25, 0.3) is 6.08 Å². The molecular weight excluding hydrogens is 394 g/mol. The molecule has 0 atom stereocenters. The van der Waals surface area contributed by atoms with Crippen molar-refractivity contribution in [2.45, 2.75) is 32.0 Å². The highest BCUT2D eigenvalue weighted by molar-refractivity contribution is 7.07. The maximum atomic E-state index is 12.8. The van der Waals surface area contributed by atoms with E-state index in [1.54, 1.807) is 24.5 Å². The van der Waals surface area contributed by atoms with Gasteiger partial charge in [0, 0.05) is 18.7 Å². The lowest BCUT2D eigenvalue weighted by Crippen LogP contribution is -2.31. The molecule has 1 amide bonds. The first kappa shape index (κ1) is 20.2. The SMILES string of the molecule is COc1ccc(/C=C/C(=O)N(Cc2ccc(OCc3ccsc3)cc2)C2CC2)cc1. The number of hydrogen-bond donors (Lipinski definition) is 0. The Morgan fingerprint density at radius 3 is 2.40 bits per heavy atom. The predicted molar refractivity (Wildman–Crippen MR) is 121 cm³/mol. The van der Waals surface area contributed by atoms with E-state index in [4.69, 9.17) is 9.47 Å². The van der Waals surface area contributed by atoms with Crippen molar-refractivity contribution in [1.29, 1.82) is 0 Å². The molecule has 1 heterocycles. The molecule has 3 aromatic rings. The topological polar surface area (TPSA) is 38.8 Å². The number of amides is 1. The number of thiophene rings is 1. The van der Waals surface area contributed by atoms with Crippen molar-refractivity contribution in [3.8, 4) is 11.5 Å². The standard InChI is InChI=1S/C25H25NO3S/c1-28-23-9-2-19(3-10-23)6-13-25(27)26(22-7-8-22)16-20-4-11-24(12-5-20)29-17-21-14-15-30-18-21/h2-6,9-15,18,22H,7-8,16-17H2,1H3/b13-6+. The molecule has 1 aliphatic carbocycles. The van der Waals surface area contributed by atoms with E-state index in [9.17, 15) is 4.79 Å². The van der Waals surface area contributed by atoms with Gasteiger partial charge in [0.25, 0.3) is 0 Å². The number of ether oxygens (including phenoxy) is 2. The summed E-state index contributed by atoms with van der Waals surface area (Å²) in [6, 6.07) is 18.1. The lowest BCUT2D eigenvalue weighted by molar-refractivity contribution is -0.127. The van der Waals surface area contributed by atoms with E-state index in [-0.39, 0.29) is 5.91 Å². The van der Waals surface area contributed by atoms with Gasteiger partial charge in [-0.05, 0) is 76.7 Å². The number of methoxy groups -OCH3 is 1. The fraction of sp³-hybridized carbons (Fsp3) is 0.240. The first-order valence-electron chi connectivity index (χ1n) is 10.1. The average Bonchev–Trinajstić information content (AvgIpc) is 3.49. The molecule has 0 N–H and O–H groups in total. The van der Waals surface area contributed by atoms with Gasteiger partial charge in [-0.15, -0.1) is 0 Å². The van der Waals surface area contributed by atoms with Gasteiger partial charge in [-0.2, -0.15) is 11.3 Å². The number of rotatable bonds is 9. The minimum Gasteiger partial charge on any atom is -0.497 e. The minimum atomic E-state index is 0.0473. The van der Waals surface area contributed by atoms with Crippen LogP contribution in [0, 0.1) is 0 Å². The third-order valence-electron chi connectivity index (χ3n) is 5.07. The van der Waals surface area contributed by atoms with Crippen molar-refractivity contribution in [1.82, 2.24) is 4.90 Å². The van der Waals surface area contributed by atoms with Gasteiger partial charge in [-0.25, -0.2) is 0 Å². The molecule has 1 aromatic heterocycles. The Hall–Kier alpha value is -3.05. The van der Waals surface area contributed by atoms with E-state index in [0.29, 0.717) is 19.2 Å². The van der Waals surface area contributed by atoms with Crippen LogP contribution >= 0.6 is 11.3 Å². The second-order valence-corrected chi connectivity index (χ2v) is 8.15. The fourth-order valence-corrected chi connectivity index (χ4v) is 3.83. The normalized spacial score (nSPS) is 13.4. The summed E-state index contributed by atoms with van der Waals surface area (Å²) in [5.41, 5.74) is 3.27. The summed E-state index contributed by atoms with van der Waals surface area (Å²) >= 11 is 1.67. The molecule has 0 aliphatic heterocycles. The van der Waals surface area contributed by atoms with Crippen LogP contribution in [-0.2, 0) is 17.9 Å². The predicted octanol–water partition coefficient (Wildman–Crippen LogP) is 5.54.